The van der Waals surface area contributed by atoms with E-state index in [2.05, 4.69) is 5.32 Å². The van der Waals surface area contributed by atoms with E-state index < -0.39 is 0 Å². The van der Waals surface area contributed by atoms with Gasteiger partial charge in [-0.05, 0) is 49.4 Å². The van der Waals surface area contributed by atoms with Gasteiger partial charge in [0.2, 0.25) is 5.91 Å². The molecule has 1 aliphatic carbocycles. The molecule has 1 saturated heterocycles. The summed E-state index contributed by atoms with van der Waals surface area (Å²) in [4.78, 5) is 14.4. The summed E-state index contributed by atoms with van der Waals surface area (Å²) in [6, 6.07) is 8.04. The van der Waals surface area contributed by atoms with E-state index >= 15 is 0 Å². The monoisotopic (exact) mass is 332 g/mol. The van der Waals surface area contributed by atoms with Gasteiger partial charge in [0.25, 0.3) is 0 Å². The van der Waals surface area contributed by atoms with Crippen LogP contribution in [0.15, 0.2) is 24.3 Å². The minimum atomic E-state index is -0.0101. The third-order valence-corrected chi connectivity index (χ3v) is 5.29. The molecule has 0 radical (unpaired) electrons. The number of amides is 1. The second kappa shape index (κ2) is 7.88. The summed E-state index contributed by atoms with van der Waals surface area (Å²) < 4.78 is 10.8. The van der Waals surface area contributed by atoms with Crippen molar-refractivity contribution in [3.8, 4) is 11.5 Å². The molecule has 3 atom stereocenters. The fourth-order valence-electron chi connectivity index (χ4n) is 3.86. The van der Waals surface area contributed by atoms with Crippen LogP contribution in [-0.4, -0.2) is 50.2 Å². The normalized spacial score (nSPS) is 25.8. The van der Waals surface area contributed by atoms with Crippen LogP contribution in [0, 0.1) is 5.92 Å². The summed E-state index contributed by atoms with van der Waals surface area (Å²) >= 11 is 0. The highest BCUT2D eigenvalue weighted by molar-refractivity contribution is 5.82. The Morgan fingerprint density at radius 2 is 1.92 bits per heavy atom. The van der Waals surface area contributed by atoms with E-state index in [0.29, 0.717) is 25.1 Å². The minimum Gasteiger partial charge on any atom is -0.497 e. The molecule has 0 bridgehead atoms. The highest BCUT2D eigenvalue weighted by Crippen LogP contribution is 2.33. The second-order valence-corrected chi connectivity index (χ2v) is 6.89. The van der Waals surface area contributed by atoms with Crippen molar-refractivity contribution in [1.82, 2.24) is 10.2 Å². The van der Waals surface area contributed by atoms with Gasteiger partial charge in [0, 0.05) is 13.1 Å². The number of likely N-dealkylation sites (N-methyl/N-ethyl adjacent to an activating group) is 1. The van der Waals surface area contributed by atoms with Gasteiger partial charge < -0.3 is 19.7 Å². The first-order valence-electron chi connectivity index (χ1n) is 8.95. The number of carbonyl (C=O) groups excluding carboxylic acids is 1. The molecule has 0 aromatic heterocycles. The predicted octanol–water partition coefficient (Wildman–Crippen LogP) is 2.45. The van der Waals surface area contributed by atoms with Crippen LogP contribution in [0.2, 0.25) is 0 Å². The Morgan fingerprint density at radius 1 is 1.21 bits per heavy atom. The van der Waals surface area contributed by atoms with Gasteiger partial charge in [-0.1, -0.05) is 12.8 Å². The zero-order chi connectivity index (χ0) is 16.9. The zero-order valence-corrected chi connectivity index (χ0v) is 14.7. The van der Waals surface area contributed by atoms with Gasteiger partial charge in [0.15, 0.2) is 0 Å². The lowest BCUT2D eigenvalue weighted by molar-refractivity contribution is -0.132. The smallest absolute Gasteiger partial charge is 0.239 e. The minimum absolute atomic E-state index is 0.0101. The average molecular weight is 332 g/mol. The summed E-state index contributed by atoms with van der Waals surface area (Å²) in [5.74, 6) is 2.49. The number of hydrogen-bond acceptors (Lipinski definition) is 4. The van der Waals surface area contributed by atoms with Crippen molar-refractivity contribution in [3.63, 3.8) is 0 Å². The lowest BCUT2D eigenvalue weighted by Gasteiger charge is -2.24. The summed E-state index contributed by atoms with van der Waals surface area (Å²) in [5, 5.41) is 3.55. The predicted molar refractivity (Wildman–Crippen MR) is 93.4 cm³/mol. The number of methoxy groups -OCH3 is 1. The Hall–Kier alpha value is -1.75. The molecule has 3 unspecified atom stereocenters. The summed E-state index contributed by atoms with van der Waals surface area (Å²) in [6.45, 7) is 1.09. The maximum absolute atomic E-state index is 12.6. The van der Waals surface area contributed by atoms with Crippen LogP contribution in [0.25, 0.3) is 0 Å². The van der Waals surface area contributed by atoms with Gasteiger partial charge in [0.1, 0.15) is 18.1 Å². The molecule has 3 rings (SSSR count). The Balaban J connectivity index is 1.42. The lowest BCUT2D eigenvalue weighted by Crippen LogP contribution is -2.45. The van der Waals surface area contributed by atoms with Crippen LogP contribution in [0.5, 0.6) is 11.5 Å². The SMILES string of the molecule is COc1ccc(OCCN(C)C(=O)C2CC3CCCCC3N2)cc1. The number of nitrogens with zero attached hydrogens (tertiary/aromatic N) is 1. The number of ether oxygens (including phenoxy) is 2. The van der Waals surface area contributed by atoms with Crippen LogP contribution in [0.1, 0.15) is 32.1 Å². The van der Waals surface area contributed by atoms with E-state index in [4.69, 9.17) is 9.47 Å². The maximum Gasteiger partial charge on any atom is 0.239 e. The van der Waals surface area contributed by atoms with Crippen molar-refractivity contribution < 1.29 is 14.3 Å². The Bertz CT molecular complexity index is 532. The van der Waals surface area contributed by atoms with E-state index in [1.165, 1.54) is 25.7 Å². The first kappa shape index (κ1) is 17.1. The van der Waals surface area contributed by atoms with Crippen molar-refractivity contribution in [3.05, 3.63) is 24.3 Å². The molecule has 5 heteroatoms. The molecule has 1 N–H and O–H groups in total. The van der Waals surface area contributed by atoms with Gasteiger partial charge >= 0.3 is 0 Å². The molecule has 2 aliphatic rings. The van der Waals surface area contributed by atoms with Gasteiger partial charge in [-0.2, -0.15) is 0 Å². The molecule has 0 spiro atoms. The van der Waals surface area contributed by atoms with Gasteiger partial charge in [0.05, 0.1) is 19.7 Å². The molecule has 132 valence electrons. The van der Waals surface area contributed by atoms with E-state index in [1.54, 1.807) is 12.0 Å². The number of rotatable bonds is 6. The van der Waals surface area contributed by atoms with Crippen molar-refractivity contribution >= 4 is 5.91 Å². The Kier molecular flexibility index (Phi) is 5.61. The number of fused-ring (bicyclic) bond motifs is 1. The first-order valence-corrected chi connectivity index (χ1v) is 8.95. The Morgan fingerprint density at radius 3 is 2.62 bits per heavy atom. The molecule has 2 fully saturated rings. The summed E-state index contributed by atoms with van der Waals surface area (Å²) in [6.07, 6.45) is 6.09. The first-order chi connectivity index (χ1) is 11.7. The van der Waals surface area contributed by atoms with Crippen molar-refractivity contribution in [1.29, 1.82) is 0 Å². The third kappa shape index (κ3) is 4.01. The van der Waals surface area contributed by atoms with Crippen molar-refractivity contribution in [2.45, 2.75) is 44.2 Å². The molecule has 1 heterocycles. The number of carbonyl (C=O) groups is 1. The zero-order valence-electron chi connectivity index (χ0n) is 14.7. The highest BCUT2D eigenvalue weighted by Gasteiger charge is 2.38. The molecule has 1 amide bonds. The molecule has 1 aliphatic heterocycles. The van der Waals surface area contributed by atoms with Gasteiger partial charge in [-0.25, -0.2) is 0 Å². The Labute approximate surface area is 144 Å². The second-order valence-electron chi connectivity index (χ2n) is 6.89. The molecule has 1 aromatic carbocycles. The molecule has 5 nitrogen and oxygen atoms in total. The van der Waals surface area contributed by atoms with Crippen LogP contribution in [0.4, 0.5) is 0 Å². The quantitative estimate of drug-likeness (QED) is 0.869. The van der Waals surface area contributed by atoms with Crippen molar-refractivity contribution in [2.24, 2.45) is 5.92 Å². The van der Waals surface area contributed by atoms with E-state index in [-0.39, 0.29) is 11.9 Å². The standard InChI is InChI=1S/C19H28N2O3/c1-21(11-12-24-16-9-7-15(23-2)8-10-16)19(22)18-13-14-5-3-4-6-17(14)20-18/h7-10,14,17-18,20H,3-6,11-13H2,1-2H3. The van der Waals surface area contributed by atoms with Gasteiger partial charge in [-0.15, -0.1) is 0 Å². The molecule has 1 saturated carbocycles. The van der Waals surface area contributed by atoms with E-state index in [0.717, 1.165) is 17.9 Å². The summed E-state index contributed by atoms with van der Waals surface area (Å²) in [5.41, 5.74) is 0. The highest BCUT2D eigenvalue weighted by atomic mass is 16.5. The molecule has 1 aromatic rings. The fraction of sp³-hybridized carbons (Fsp3) is 0.632. The molecular weight excluding hydrogens is 304 g/mol. The fourth-order valence-corrected chi connectivity index (χ4v) is 3.86. The van der Waals surface area contributed by atoms with Crippen LogP contribution < -0.4 is 14.8 Å². The van der Waals surface area contributed by atoms with Gasteiger partial charge in [-0.3, -0.25) is 4.79 Å². The average Bonchev–Trinajstić information content (AvgIpc) is 3.05. The molecule has 24 heavy (non-hydrogen) atoms. The largest absolute Gasteiger partial charge is 0.497 e. The number of hydrogen-bond donors (Lipinski definition) is 1. The van der Waals surface area contributed by atoms with Crippen molar-refractivity contribution in [2.75, 3.05) is 27.3 Å². The van der Waals surface area contributed by atoms with Crippen LogP contribution >= 0.6 is 0 Å². The molecular formula is C19H28N2O3. The van der Waals surface area contributed by atoms with E-state index in [9.17, 15) is 4.79 Å². The van der Waals surface area contributed by atoms with Crippen LogP contribution in [-0.2, 0) is 4.79 Å². The lowest BCUT2D eigenvalue weighted by atomic mass is 9.85. The maximum atomic E-state index is 12.6. The number of benzene rings is 1. The topological polar surface area (TPSA) is 50.8 Å². The van der Waals surface area contributed by atoms with Crippen LogP contribution in [0.3, 0.4) is 0 Å². The van der Waals surface area contributed by atoms with E-state index in [1.807, 2.05) is 31.3 Å². The number of nitrogens with one attached hydrogen (secondary N) is 1. The summed E-state index contributed by atoms with van der Waals surface area (Å²) in [7, 11) is 3.51. The third-order valence-electron chi connectivity index (χ3n) is 5.29.